The summed E-state index contributed by atoms with van der Waals surface area (Å²) >= 11 is 24.9. The molecule has 0 spiro atoms. The van der Waals surface area contributed by atoms with Gasteiger partial charge in [0.1, 0.15) is 6.10 Å². The Kier molecular flexibility index (Phi) is 5.72. The highest BCUT2D eigenvalue weighted by Crippen LogP contribution is 2.33. The molecule has 1 N–H and O–H groups in total. The fraction of sp³-hybridized carbons (Fsp3) is 0.263. The summed E-state index contributed by atoms with van der Waals surface area (Å²) in [5.41, 5.74) is 2.36. The van der Waals surface area contributed by atoms with Gasteiger partial charge in [-0.2, -0.15) is 0 Å². The van der Waals surface area contributed by atoms with Crippen molar-refractivity contribution in [2.45, 2.75) is 31.2 Å². The molecule has 0 bridgehead atoms. The van der Waals surface area contributed by atoms with Gasteiger partial charge in [-0.1, -0.05) is 68.8 Å². The SMILES string of the molecule is OC([C@@H]1CC(c2c(Cl)cccc2Cl)=NO1)[C@H]1CC(c2c(Cl)cccc2Cl)=NO1. The molecule has 0 amide bonds. The van der Waals surface area contributed by atoms with E-state index in [4.69, 9.17) is 56.1 Å². The smallest absolute Gasteiger partial charge is 0.162 e. The Bertz CT molecular complexity index is 862. The molecular weight excluding hydrogens is 446 g/mol. The summed E-state index contributed by atoms with van der Waals surface area (Å²) in [6.45, 7) is 0. The Labute approximate surface area is 181 Å². The molecular formula is C19H14Cl4N2O3. The molecule has 5 nitrogen and oxygen atoms in total. The Morgan fingerprint density at radius 3 is 1.46 bits per heavy atom. The van der Waals surface area contributed by atoms with Crippen molar-refractivity contribution < 1.29 is 14.8 Å². The first kappa shape index (κ1) is 19.8. The van der Waals surface area contributed by atoms with Crippen molar-refractivity contribution in [3.05, 3.63) is 67.6 Å². The highest BCUT2D eigenvalue weighted by atomic mass is 35.5. The van der Waals surface area contributed by atoms with Gasteiger partial charge in [0.25, 0.3) is 0 Å². The number of rotatable bonds is 4. The van der Waals surface area contributed by atoms with E-state index >= 15 is 0 Å². The van der Waals surface area contributed by atoms with Gasteiger partial charge in [-0.05, 0) is 24.3 Å². The zero-order valence-electron chi connectivity index (χ0n) is 14.3. The van der Waals surface area contributed by atoms with Crippen LogP contribution in [0.3, 0.4) is 0 Å². The fourth-order valence-electron chi connectivity index (χ4n) is 3.24. The van der Waals surface area contributed by atoms with Gasteiger partial charge in [0.05, 0.1) is 31.5 Å². The minimum atomic E-state index is -0.968. The number of halogens is 4. The van der Waals surface area contributed by atoms with Crippen molar-refractivity contribution in [2.75, 3.05) is 0 Å². The van der Waals surface area contributed by atoms with Crippen LogP contribution in [0.4, 0.5) is 0 Å². The zero-order chi connectivity index (χ0) is 19.8. The van der Waals surface area contributed by atoms with Crippen LogP contribution in [0.2, 0.25) is 20.1 Å². The molecule has 0 aliphatic carbocycles. The van der Waals surface area contributed by atoms with Gasteiger partial charge >= 0.3 is 0 Å². The summed E-state index contributed by atoms with van der Waals surface area (Å²) in [5.74, 6) is 0. The summed E-state index contributed by atoms with van der Waals surface area (Å²) in [5, 5.41) is 20.7. The number of aliphatic hydroxyl groups excluding tert-OH is 1. The Hall–Kier alpha value is -1.50. The molecule has 0 saturated heterocycles. The van der Waals surface area contributed by atoms with Crippen LogP contribution >= 0.6 is 46.4 Å². The van der Waals surface area contributed by atoms with Crippen molar-refractivity contribution in [3.63, 3.8) is 0 Å². The standard InChI is InChI=1S/C19H14Cl4N2O3/c20-9-3-1-4-10(21)17(9)13-7-15(27-24-13)19(26)16-8-14(25-28-16)18-11(22)5-2-6-12(18)23/h1-6,15-16,19,26H,7-8H2/t15-,16+,19?. The van der Waals surface area contributed by atoms with E-state index < -0.39 is 18.3 Å². The van der Waals surface area contributed by atoms with Crippen molar-refractivity contribution in [2.24, 2.45) is 10.3 Å². The topological polar surface area (TPSA) is 63.4 Å². The van der Waals surface area contributed by atoms with Crippen LogP contribution in [0, 0.1) is 0 Å². The van der Waals surface area contributed by atoms with E-state index in [-0.39, 0.29) is 0 Å². The molecule has 2 aromatic rings. The van der Waals surface area contributed by atoms with E-state index in [9.17, 15) is 5.11 Å². The second-order valence-corrected chi connectivity index (χ2v) is 8.08. The molecule has 2 aliphatic heterocycles. The third-order valence-corrected chi connectivity index (χ3v) is 5.91. The lowest BCUT2D eigenvalue weighted by atomic mass is 9.95. The highest BCUT2D eigenvalue weighted by Gasteiger charge is 2.40. The van der Waals surface area contributed by atoms with Gasteiger partial charge in [-0.25, -0.2) is 0 Å². The van der Waals surface area contributed by atoms with Crippen LogP contribution in [0.5, 0.6) is 0 Å². The van der Waals surface area contributed by atoms with Crippen molar-refractivity contribution in [1.82, 2.24) is 0 Å². The quantitative estimate of drug-likeness (QED) is 0.670. The maximum atomic E-state index is 10.7. The lowest BCUT2D eigenvalue weighted by Gasteiger charge is -2.20. The van der Waals surface area contributed by atoms with E-state index in [2.05, 4.69) is 10.3 Å². The van der Waals surface area contributed by atoms with Crippen LogP contribution in [0.1, 0.15) is 24.0 Å². The van der Waals surface area contributed by atoms with Crippen LogP contribution in [-0.4, -0.2) is 34.8 Å². The molecule has 4 rings (SSSR count). The number of hydrogen-bond donors (Lipinski definition) is 1. The molecule has 0 fully saturated rings. The molecule has 2 heterocycles. The maximum Gasteiger partial charge on any atom is 0.162 e. The van der Waals surface area contributed by atoms with E-state index in [1.54, 1.807) is 36.4 Å². The minimum Gasteiger partial charge on any atom is -0.389 e. The van der Waals surface area contributed by atoms with E-state index in [1.807, 2.05) is 0 Å². The van der Waals surface area contributed by atoms with Crippen LogP contribution in [-0.2, 0) is 9.68 Å². The molecule has 2 aliphatic rings. The molecule has 28 heavy (non-hydrogen) atoms. The van der Waals surface area contributed by atoms with Gasteiger partial charge < -0.3 is 14.8 Å². The van der Waals surface area contributed by atoms with Gasteiger partial charge in [-0.3, -0.25) is 0 Å². The van der Waals surface area contributed by atoms with Crippen molar-refractivity contribution in [1.29, 1.82) is 0 Å². The average molecular weight is 460 g/mol. The first-order valence-corrected chi connectivity index (χ1v) is 9.99. The lowest BCUT2D eigenvalue weighted by Crippen LogP contribution is -2.37. The Balaban J connectivity index is 1.44. The molecule has 1 unspecified atom stereocenters. The molecule has 0 aromatic heterocycles. The fourth-order valence-corrected chi connectivity index (χ4v) is 4.47. The Morgan fingerprint density at radius 2 is 1.11 bits per heavy atom. The van der Waals surface area contributed by atoms with Gasteiger partial charge in [0, 0.05) is 24.0 Å². The lowest BCUT2D eigenvalue weighted by molar-refractivity contribution is -0.0911. The third-order valence-electron chi connectivity index (χ3n) is 4.65. The first-order valence-electron chi connectivity index (χ1n) is 8.48. The highest BCUT2D eigenvalue weighted by molar-refractivity contribution is 6.41. The maximum absolute atomic E-state index is 10.7. The molecule has 0 saturated carbocycles. The number of aliphatic hydroxyl groups is 1. The van der Waals surface area contributed by atoms with Crippen LogP contribution < -0.4 is 0 Å². The minimum absolute atomic E-state index is 0.340. The van der Waals surface area contributed by atoms with Crippen molar-refractivity contribution >= 4 is 57.8 Å². The molecule has 3 atom stereocenters. The van der Waals surface area contributed by atoms with E-state index in [0.717, 1.165) is 0 Å². The summed E-state index contributed by atoms with van der Waals surface area (Å²) in [6.07, 6.45) is -1.50. The summed E-state index contributed by atoms with van der Waals surface area (Å²) in [7, 11) is 0. The van der Waals surface area contributed by atoms with Gasteiger partial charge in [0.15, 0.2) is 12.2 Å². The molecule has 9 heteroatoms. The number of benzene rings is 2. The van der Waals surface area contributed by atoms with E-state index in [1.165, 1.54) is 0 Å². The summed E-state index contributed by atoms with van der Waals surface area (Å²) < 4.78 is 0. The first-order chi connectivity index (χ1) is 13.5. The second-order valence-electron chi connectivity index (χ2n) is 6.46. The summed E-state index contributed by atoms with van der Waals surface area (Å²) in [6, 6.07) is 10.4. The zero-order valence-corrected chi connectivity index (χ0v) is 17.3. The molecule has 2 aromatic carbocycles. The van der Waals surface area contributed by atoms with E-state index in [0.29, 0.717) is 55.5 Å². The Morgan fingerprint density at radius 1 is 0.750 bits per heavy atom. The van der Waals surface area contributed by atoms with Gasteiger partial charge in [0.2, 0.25) is 0 Å². The molecule has 0 radical (unpaired) electrons. The third kappa shape index (κ3) is 3.70. The second kappa shape index (κ2) is 8.09. The number of nitrogens with zero attached hydrogens (tertiary/aromatic N) is 2. The number of hydrogen-bond acceptors (Lipinski definition) is 5. The molecule has 146 valence electrons. The van der Waals surface area contributed by atoms with Crippen LogP contribution in [0.15, 0.2) is 46.7 Å². The number of oxime groups is 2. The van der Waals surface area contributed by atoms with Gasteiger partial charge in [-0.15, -0.1) is 0 Å². The summed E-state index contributed by atoms with van der Waals surface area (Å²) in [4.78, 5) is 10.9. The predicted molar refractivity (Wildman–Crippen MR) is 111 cm³/mol. The van der Waals surface area contributed by atoms with Crippen molar-refractivity contribution in [3.8, 4) is 0 Å². The van der Waals surface area contributed by atoms with Crippen LogP contribution in [0.25, 0.3) is 0 Å². The normalized spacial score (nSPS) is 22.3. The largest absolute Gasteiger partial charge is 0.389 e. The predicted octanol–water partition coefficient (Wildman–Crippen LogP) is 5.35. The average Bonchev–Trinajstić information content (AvgIpc) is 3.31. The monoisotopic (exact) mass is 458 g/mol.